The Kier molecular flexibility index (Phi) is 4.67. The van der Waals surface area contributed by atoms with Crippen LogP contribution in [0.3, 0.4) is 0 Å². The van der Waals surface area contributed by atoms with Gasteiger partial charge < -0.3 is 5.32 Å². The van der Waals surface area contributed by atoms with Crippen molar-refractivity contribution >= 4 is 40.7 Å². The van der Waals surface area contributed by atoms with Crippen LogP contribution in [-0.2, 0) is 4.79 Å². The van der Waals surface area contributed by atoms with E-state index in [9.17, 15) is 24.5 Å². The average molecular weight is 388 g/mol. The number of rotatable bonds is 4. The fourth-order valence-electron chi connectivity index (χ4n) is 2.91. The largest absolute Gasteiger partial charge is 0.324 e. The van der Waals surface area contributed by atoms with Crippen LogP contribution in [0.5, 0.6) is 0 Å². The lowest BCUT2D eigenvalue weighted by Gasteiger charge is -2.22. The summed E-state index contributed by atoms with van der Waals surface area (Å²) in [5.74, 6) is -2.20. The van der Waals surface area contributed by atoms with Crippen molar-refractivity contribution in [2.75, 3.05) is 5.32 Å². The number of imide groups is 1. The second-order valence-corrected chi connectivity index (χ2v) is 6.50. The Labute approximate surface area is 158 Å². The first kappa shape index (κ1) is 18.5. The number of carbonyl (C=O) groups is 3. The molecule has 3 rings (SSSR count). The van der Waals surface area contributed by atoms with Crippen molar-refractivity contribution in [3.63, 3.8) is 0 Å². The van der Waals surface area contributed by atoms with E-state index in [1.54, 1.807) is 25.1 Å². The maximum atomic E-state index is 12.6. The Morgan fingerprint density at radius 1 is 1.22 bits per heavy atom. The maximum absolute atomic E-state index is 12.6. The van der Waals surface area contributed by atoms with Crippen LogP contribution < -0.4 is 5.32 Å². The predicted molar refractivity (Wildman–Crippen MR) is 97.9 cm³/mol. The van der Waals surface area contributed by atoms with Crippen molar-refractivity contribution in [3.05, 3.63) is 68.2 Å². The van der Waals surface area contributed by atoms with Crippen molar-refractivity contribution < 1.29 is 19.3 Å². The smallest absolute Gasteiger partial charge is 0.282 e. The van der Waals surface area contributed by atoms with Crippen LogP contribution in [0.15, 0.2) is 36.4 Å². The summed E-state index contributed by atoms with van der Waals surface area (Å²) in [6, 6.07) is 7.51. The molecule has 2 aromatic carbocycles. The van der Waals surface area contributed by atoms with Gasteiger partial charge in [0, 0.05) is 16.8 Å². The molecule has 2 aromatic rings. The molecule has 9 heteroatoms. The van der Waals surface area contributed by atoms with Crippen molar-refractivity contribution in [1.82, 2.24) is 4.90 Å². The molecule has 1 heterocycles. The van der Waals surface area contributed by atoms with E-state index in [0.29, 0.717) is 16.3 Å². The molecule has 27 heavy (non-hydrogen) atoms. The summed E-state index contributed by atoms with van der Waals surface area (Å²) in [5, 5.41) is 14.3. The molecule has 0 fully saturated rings. The van der Waals surface area contributed by atoms with Crippen molar-refractivity contribution in [3.8, 4) is 0 Å². The van der Waals surface area contributed by atoms with E-state index in [0.717, 1.165) is 11.0 Å². The fourth-order valence-corrected chi connectivity index (χ4v) is 3.14. The molecule has 0 saturated heterocycles. The number of halogens is 1. The van der Waals surface area contributed by atoms with Gasteiger partial charge in [0.1, 0.15) is 11.6 Å². The van der Waals surface area contributed by atoms with Gasteiger partial charge in [-0.3, -0.25) is 29.4 Å². The molecule has 0 radical (unpaired) electrons. The standard InChI is InChI=1S/C18H14ClN3O5/c1-9-8-11(19)6-7-13(9)20-16(23)10(2)21-17(24)12-4-3-5-14(22(26)27)15(12)18(21)25/h3-8,10H,1-2H3,(H,20,23)/t10-/m0/s1. The Morgan fingerprint density at radius 2 is 1.93 bits per heavy atom. The second-order valence-electron chi connectivity index (χ2n) is 6.06. The Hall–Kier alpha value is -3.26. The molecule has 3 amide bonds. The monoisotopic (exact) mass is 387 g/mol. The molecular formula is C18H14ClN3O5. The van der Waals surface area contributed by atoms with Crippen molar-refractivity contribution in [2.24, 2.45) is 0 Å². The van der Waals surface area contributed by atoms with Gasteiger partial charge in [-0.25, -0.2) is 0 Å². The lowest BCUT2D eigenvalue weighted by Crippen LogP contribution is -2.45. The van der Waals surface area contributed by atoms with Crippen molar-refractivity contribution in [1.29, 1.82) is 0 Å². The van der Waals surface area contributed by atoms with Gasteiger partial charge in [0.25, 0.3) is 17.5 Å². The molecule has 0 bridgehead atoms. The molecule has 8 nitrogen and oxygen atoms in total. The highest BCUT2D eigenvalue weighted by Gasteiger charge is 2.44. The van der Waals surface area contributed by atoms with E-state index in [-0.39, 0.29) is 11.1 Å². The van der Waals surface area contributed by atoms with Gasteiger partial charge in [0.05, 0.1) is 10.5 Å². The number of nitro benzene ring substituents is 1. The number of hydrogen-bond acceptors (Lipinski definition) is 5. The average Bonchev–Trinajstić information content (AvgIpc) is 2.87. The minimum absolute atomic E-state index is 0.0866. The van der Waals surface area contributed by atoms with Crippen LogP contribution in [-0.4, -0.2) is 33.6 Å². The Bertz CT molecular complexity index is 1000. The van der Waals surface area contributed by atoms with Crippen LogP contribution >= 0.6 is 11.6 Å². The van der Waals surface area contributed by atoms with Crippen LogP contribution in [0.2, 0.25) is 5.02 Å². The molecule has 1 aliphatic heterocycles. The van der Waals surface area contributed by atoms with Crippen LogP contribution in [0.1, 0.15) is 33.2 Å². The molecule has 0 saturated carbocycles. The highest BCUT2D eigenvalue weighted by atomic mass is 35.5. The summed E-state index contributed by atoms with van der Waals surface area (Å²) >= 11 is 5.88. The molecule has 1 N–H and O–H groups in total. The number of nitrogens with zero attached hydrogens (tertiary/aromatic N) is 2. The third-order valence-corrected chi connectivity index (χ3v) is 4.57. The van der Waals surface area contributed by atoms with Gasteiger partial charge in [-0.05, 0) is 43.7 Å². The Morgan fingerprint density at radius 3 is 2.56 bits per heavy atom. The zero-order valence-electron chi connectivity index (χ0n) is 14.4. The summed E-state index contributed by atoms with van der Waals surface area (Å²) in [4.78, 5) is 49.0. The van der Waals surface area contributed by atoms with E-state index in [4.69, 9.17) is 11.6 Å². The predicted octanol–water partition coefficient (Wildman–Crippen LogP) is 3.18. The fraction of sp³-hybridized carbons (Fsp3) is 0.167. The molecule has 1 atom stereocenters. The van der Waals surface area contributed by atoms with E-state index < -0.39 is 34.4 Å². The summed E-state index contributed by atoms with van der Waals surface area (Å²) in [5.41, 5.74) is 0.348. The van der Waals surface area contributed by atoms with Gasteiger partial charge in [-0.15, -0.1) is 0 Å². The number of anilines is 1. The Balaban J connectivity index is 1.89. The van der Waals surface area contributed by atoms with E-state index in [1.165, 1.54) is 19.1 Å². The topological polar surface area (TPSA) is 110 Å². The van der Waals surface area contributed by atoms with Gasteiger partial charge >= 0.3 is 0 Å². The SMILES string of the molecule is Cc1cc(Cl)ccc1NC(=O)[C@H](C)N1C(=O)c2cccc([N+](=O)[O-])c2C1=O. The lowest BCUT2D eigenvalue weighted by molar-refractivity contribution is -0.385. The summed E-state index contributed by atoms with van der Waals surface area (Å²) in [6.45, 7) is 3.13. The minimum atomic E-state index is -1.16. The number of nitro groups is 1. The van der Waals surface area contributed by atoms with Crippen LogP contribution in [0.25, 0.3) is 0 Å². The molecule has 0 unspecified atom stereocenters. The van der Waals surface area contributed by atoms with Gasteiger partial charge in [0.15, 0.2) is 0 Å². The number of nitrogens with one attached hydrogen (secondary N) is 1. The highest BCUT2D eigenvalue weighted by Crippen LogP contribution is 2.32. The quantitative estimate of drug-likeness (QED) is 0.492. The third kappa shape index (κ3) is 3.15. The molecule has 0 aromatic heterocycles. The minimum Gasteiger partial charge on any atom is -0.324 e. The molecule has 0 spiro atoms. The normalized spacial score (nSPS) is 14.1. The summed E-state index contributed by atoms with van der Waals surface area (Å²) in [7, 11) is 0. The van der Waals surface area contributed by atoms with Gasteiger partial charge in [-0.1, -0.05) is 17.7 Å². The van der Waals surface area contributed by atoms with Crippen molar-refractivity contribution in [2.45, 2.75) is 19.9 Å². The number of benzene rings is 2. The molecule has 1 aliphatic rings. The number of amides is 3. The van der Waals surface area contributed by atoms with Gasteiger partial charge in [-0.2, -0.15) is 0 Å². The number of hydrogen-bond donors (Lipinski definition) is 1. The third-order valence-electron chi connectivity index (χ3n) is 4.33. The van der Waals surface area contributed by atoms with Crippen LogP contribution in [0.4, 0.5) is 11.4 Å². The zero-order valence-corrected chi connectivity index (χ0v) is 15.1. The first-order valence-corrected chi connectivity index (χ1v) is 8.32. The lowest BCUT2D eigenvalue weighted by atomic mass is 10.1. The number of carbonyl (C=O) groups excluding carboxylic acids is 3. The van der Waals surface area contributed by atoms with Crippen LogP contribution in [0, 0.1) is 17.0 Å². The molecule has 0 aliphatic carbocycles. The highest BCUT2D eigenvalue weighted by molar-refractivity contribution is 6.30. The zero-order chi connectivity index (χ0) is 19.9. The summed E-state index contributed by atoms with van der Waals surface area (Å²) < 4.78 is 0. The molecule has 138 valence electrons. The maximum Gasteiger partial charge on any atom is 0.282 e. The van der Waals surface area contributed by atoms with E-state index >= 15 is 0 Å². The summed E-state index contributed by atoms with van der Waals surface area (Å²) in [6.07, 6.45) is 0. The van der Waals surface area contributed by atoms with Gasteiger partial charge in [0.2, 0.25) is 5.91 Å². The first-order chi connectivity index (χ1) is 12.7. The number of aryl methyl sites for hydroxylation is 1. The van der Waals surface area contributed by atoms with E-state index in [2.05, 4.69) is 5.32 Å². The molecular weight excluding hydrogens is 374 g/mol. The van der Waals surface area contributed by atoms with E-state index in [1.807, 2.05) is 0 Å². The second kappa shape index (κ2) is 6.81. The number of fused-ring (bicyclic) bond motifs is 1. The first-order valence-electron chi connectivity index (χ1n) is 7.94.